The smallest absolute Gasteiger partial charge is 0.0625 e. The molecule has 4 heteroatoms. The predicted molar refractivity (Wildman–Crippen MR) is 66.3 cm³/mol. The first kappa shape index (κ1) is 9.84. The molecule has 2 aromatic rings. The van der Waals surface area contributed by atoms with Crippen LogP contribution < -0.4 is 0 Å². The molecule has 0 unspecified atom stereocenters. The van der Waals surface area contributed by atoms with Gasteiger partial charge in [-0.05, 0) is 12.1 Å². The van der Waals surface area contributed by atoms with Gasteiger partial charge in [-0.2, -0.15) is 0 Å². The number of thiophene rings is 1. The van der Waals surface area contributed by atoms with Gasteiger partial charge in [0.2, 0.25) is 0 Å². The summed E-state index contributed by atoms with van der Waals surface area (Å²) in [6.45, 7) is 0. The number of hydrogen-bond acceptors (Lipinski definition) is 2. The molecule has 0 saturated carbocycles. The van der Waals surface area contributed by atoms with Gasteiger partial charge >= 0.3 is 0 Å². The lowest BCUT2D eigenvalue weighted by Crippen LogP contribution is -1.76. The lowest BCUT2D eigenvalue weighted by atomic mass is 10.2. The number of alkyl halides is 1. The van der Waals surface area contributed by atoms with E-state index < -0.39 is 0 Å². The highest BCUT2D eigenvalue weighted by Gasteiger charge is 2.10. The molecule has 13 heavy (non-hydrogen) atoms. The summed E-state index contributed by atoms with van der Waals surface area (Å²) in [6.07, 6.45) is 0. The van der Waals surface area contributed by atoms with E-state index in [-0.39, 0.29) is 0 Å². The van der Waals surface area contributed by atoms with Gasteiger partial charge in [0, 0.05) is 26.0 Å². The third-order valence-corrected chi connectivity index (χ3v) is 4.35. The average molecular weight is 294 g/mol. The number of fused-ring (bicyclic) bond motifs is 1. The van der Waals surface area contributed by atoms with Crippen molar-refractivity contribution in [2.75, 3.05) is 0 Å². The second kappa shape index (κ2) is 3.81. The highest BCUT2D eigenvalue weighted by atomic mass is 79.9. The summed E-state index contributed by atoms with van der Waals surface area (Å²) in [6, 6.07) is 6.13. The molecular formula is C9H6BrClS2. The monoisotopic (exact) mass is 292 g/mol. The zero-order valence-electron chi connectivity index (χ0n) is 6.55. The summed E-state index contributed by atoms with van der Waals surface area (Å²) in [7, 11) is 0. The molecule has 0 spiro atoms. The number of benzene rings is 1. The summed E-state index contributed by atoms with van der Waals surface area (Å²) >= 11 is 15.4. The number of thiol groups is 1. The van der Waals surface area contributed by atoms with Gasteiger partial charge in [-0.25, -0.2) is 0 Å². The Morgan fingerprint density at radius 2 is 2.23 bits per heavy atom. The molecule has 0 N–H and O–H groups in total. The number of halogens is 2. The van der Waals surface area contributed by atoms with E-state index in [1.54, 1.807) is 11.3 Å². The van der Waals surface area contributed by atoms with Crippen LogP contribution in [0.5, 0.6) is 0 Å². The zero-order chi connectivity index (χ0) is 9.42. The van der Waals surface area contributed by atoms with Gasteiger partial charge in [0.25, 0.3) is 0 Å². The topological polar surface area (TPSA) is 0 Å². The fourth-order valence-electron chi connectivity index (χ4n) is 1.28. The van der Waals surface area contributed by atoms with Gasteiger partial charge in [-0.3, -0.25) is 0 Å². The summed E-state index contributed by atoms with van der Waals surface area (Å²) in [5, 5.41) is 1.20. The third kappa shape index (κ3) is 1.63. The van der Waals surface area contributed by atoms with E-state index in [4.69, 9.17) is 11.6 Å². The van der Waals surface area contributed by atoms with Gasteiger partial charge in [-0.1, -0.05) is 22.0 Å². The number of rotatable bonds is 1. The molecule has 2 rings (SSSR count). The fraction of sp³-hybridized carbons (Fsp3) is 0.111. The normalized spacial score (nSPS) is 11.0. The van der Waals surface area contributed by atoms with Crippen LogP contribution in [0.1, 0.15) is 5.56 Å². The first-order valence-electron chi connectivity index (χ1n) is 3.69. The van der Waals surface area contributed by atoms with Crippen LogP contribution in [0.2, 0.25) is 0 Å². The highest BCUT2D eigenvalue weighted by Crippen LogP contribution is 2.38. The molecule has 0 radical (unpaired) electrons. The molecule has 0 nitrogen and oxygen atoms in total. The van der Waals surface area contributed by atoms with Gasteiger partial charge in [0.1, 0.15) is 0 Å². The molecule has 1 heterocycles. The Morgan fingerprint density at radius 1 is 1.46 bits per heavy atom. The lowest BCUT2D eigenvalue weighted by Gasteiger charge is -1.96. The van der Waals surface area contributed by atoms with Gasteiger partial charge in [0.05, 0.1) is 4.21 Å². The van der Waals surface area contributed by atoms with Gasteiger partial charge in [0.15, 0.2) is 0 Å². The first-order chi connectivity index (χ1) is 6.24. The Hall–Kier alpha value is 0.300. The average Bonchev–Trinajstić information content (AvgIpc) is 2.42. The molecule has 1 aromatic heterocycles. The zero-order valence-corrected chi connectivity index (χ0v) is 10.6. The summed E-state index contributed by atoms with van der Waals surface area (Å²) < 4.78 is 3.34. The Bertz CT molecular complexity index is 450. The third-order valence-electron chi connectivity index (χ3n) is 1.88. The van der Waals surface area contributed by atoms with Crippen molar-refractivity contribution in [3.63, 3.8) is 0 Å². The van der Waals surface area contributed by atoms with Crippen molar-refractivity contribution in [3.8, 4) is 0 Å². The lowest BCUT2D eigenvalue weighted by molar-refractivity contribution is 1.39. The molecule has 0 aliphatic rings. The van der Waals surface area contributed by atoms with Crippen LogP contribution in [0.3, 0.4) is 0 Å². The van der Waals surface area contributed by atoms with Crippen molar-refractivity contribution in [1.82, 2.24) is 0 Å². The molecule has 0 aliphatic heterocycles. The first-order valence-corrected chi connectivity index (χ1v) is 6.28. The Morgan fingerprint density at radius 3 is 2.92 bits per heavy atom. The molecule has 0 atom stereocenters. The SMILES string of the molecule is Sc1sc2cccc(Br)c2c1CCl. The Balaban J connectivity index is 2.88. The van der Waals surface area contributed by atoms with E-state index in [2.05, 4.69) is 34.6 Å². The fourth-order valence-corrected chi connectivity index (χ4v) is 3.93. The predicted octanol–water partition coefficient (Wildman–Crippen LogP) is 4.69. The van der Waals surface area contributed by atoms with Crippen LogP contribution in [-0.4, -0.2) is 0 Å². The summed E-state index contributed by atoms with van der Waals surface area (Å²) in [5.74, 6) is 0.515. The molecule has 68 valence electrons. The minimum Gasteiger partial charge on any atom is -0.132 e. The number of hydrogen-bond donors (Lipinski definition) is 1. The van der Waals surface area contributed by atoms with E-state index in [1.165, 1.54) is 10.1 Å². The van der Waals surface area contributed by atoms with Crippen LogP contribution >= 0.6 is 51.5 Å². The summed E-state index contributed by atoms with van der Waals surface area (Å²) in [5.41, 5.74) is 1.12. The van der Waals surface area contributed by atoms with E-state index in [0.717, 1.165) is 14.2 Å². The van der Waals surface area contributed by atoms with Crippen LogP contribution in [0.4, 0.5) is 0 Å². The van der Waals surface area contributed by atoms with Crippen molar-refractivity contribution in [3.05, 3.63) is 28.2 Å². The van der Waals surface area contributed by atoms with Crippen molar-refractivity contribution in [2.45, 2.75) is 10.1 Å². The Kier molecular flexibility index (Phi) is 2.88. The van der Waals surface area contributed by atoms with E-state index in [9.17, 15) is 0 Å². The molecule has 0 aliphatic carbocycles. The molecule has 0 amide bonds. The minimum absolute atomic E-state index is 0.515. The van der Waals surface area contributed by atoms with Crippen molar-refractivity contribution >= 4 is 61.6 Å². The van der Waals surface area contributed by atoms with E-state index >= 15 is 0 Å². The van der Waals surface area contributed by atoms with Crippen molar-refractivity contribution in [2.24, 2.45) is 0 Å². The highest BCUT2D eigenvalue weighted by molar-refractivity contribution is 9.10. The van der Waals surface area contributed by atoms with E-state index in [0.29, 0.717) is 5.88 Å². The molecule has 0 fully saturated rings. The van der Waals surface area contributed by atoms with Gasteiger partial charge < -0.3 is 0 Å². The standard InChI is InChI=1S/C9H6BrClS2/c10-6-2-1-3-7-8(6)5(4-11)9(12)13-7/h1-3,12H,4H2. The van der Waals surface area contributed by atoms with Crippen molar-refractivity contribution in [1.29, 1.82) is 0 Å². The maximum atomic E-state index is 5.86. The minimum atomic E-state index is 0.515. The second-order valence-electron chi connectivity index (χ2n) is 2.63. The van der Waals surface area contributed by atoms with Crippen LogP contribution in [0.25, 0.3) is 10.1 Å². The largest absolute Gasteiger partial charge is 0.132 e. The van der Waals surface area contributed by atoms with Crippen LogP contribution in [0, 0.1) is 0 Å². The summed E-state index contributed by atoms with van der Waals surface area (Å²) in [4.78, 5) is 0. The van der Waals surface area contributed by atoms with Crippen LogP contribution in [0.15, 0.2) is 26.9 Å². The maximum Gasteiger partial charge on any atom is 0.0625 e. The molecular weight excluding hydrogens is 288 g/mol. The molecule has 0 bridgehead atoms. The van der Waals surface area contributed by atoms with Gasteiger partial charge in [-0.15, -0.1) is 35.6 Å². The maximum absolute atomic E-state index is 5.86. The van der Waals surface area contributed by atoms with E-state index in [1.807, 2.05) is 12.1 Å². The van der Waals surface area contributed by atoms with Crippen molar-refractivity contribution < 1.29 is 0 Å². The molecule has 0 saturated heterocycles. The quantitative estimate of drug-likeness (QED) is 0.572. The Labute approximate surface area is 99.4 Å². The second-order valence-corrected chi connectivity index (χ2v) is 5.56. The van der Waals surface area contributed by atoms with Crippen LogP contribution in [-0.2, 0) is 5.88 Å². The molecule has 1 aromatic carbocycles.